The molecular formula is C11H14BrF3N2. The molecule has 2 N–H and O–H groups in total. The normalized spacial score (nSPS) is 11.6. The SMILES string of the molecule is CN(CCCN)c1ccc(C(F)(F)F)cc1Br. The Hall–Kier alpha value is -0.750. The summed E-state index contributed by atoms with van der Waals surface area (Å²) in [7, 11) is 1.82. The van der Waals surface area contributed by atoms with Crippen molar-refractivity contribution in [3.63, 3.8) is 0 Å². The summed E-state index contributed by atoms with van der Waals surface area (Å²) in [5.41, 5.74) is 5.46. The zero-order chi connectivity index (χ0) is 13.1. The highest BCUT2D eigenvalue weighted by molar-refractivity contribution is 9.10. The molecule has 0 spiro atoms. The number of nitrogens with two attached hydrogens (primary N) is 1. The van der Waals surface area contributed by atoms with Crippen molar-refractivity contribution in [2.75, 3.05) is 25.0 Å². The summed E-state index contributed by atoms with van der Waals surface area (Å²) >= 11 is 3.16. The molecule has 0 saturated heterocycles. The van der Waals surface area contributed by atoms with Crippen molar-refractivity contribution in [2.45, 2.75) is 12.6 Å². The van der Waals surface area contributed by atoms with Crippen molar-refractivity contribution in [3.05, 3.63) is 28.2 Å². The standard InChI is InChI=1S/C11H14BrF3N2/c1-17(6-2-5-16)10-4-3-8(7-9(10)12)11(13,14)15/h3-4,7H,2,5-6,16H2,1H3. The van der Waals surface area contributed by atoms with E-state index in [0.717, 1.165) is 24.2 Å². The minimum absolute atomic E-state index is 0.437. The lowest BCUT2D eigenvalue weighted by Gasteiger charge is -2.21. The second-order valence-electron chi connectivity index (χ2n) is 3.73. The van der Waals surface area contributed by atoms with E-state index >= 15 is 0 Å². The molecule has 0 saturated carbocycles. The molecule has 6 heteroatoms. The van der Waals surface area contributed by atoms with E-state index in [2.05, 4.69) is 15.9 Å². The molecule has 1 aromatic rings. The summed E-state index contributed by atoms with van der Waals surface area (Å²) in [4.78, 5) is 1.87. The van der Waals surface area contributed by atoms with Gasteiger partial charge in [0.1, 0.15) is 0 Å². The van der Waals surface area contributed by atoms with E-state index in [1.165, 1.54) is 6.07 Å². The Kier molecular flexibility index (Phi) is 4.82. The number of halogens is 4. The van der Waals surface area contributed by atoms with Gasteiger partial charge in [-0.1, -0.05) is 0 Å². The van der Waals surface area contributed by atoms with Crippen LogP contribution in [-0.2, 0) is 6.18 Å². The van der Waals surface area contributed by atoms with E-state index in [1.807, 2.05) is 11.9 Å². The largest absolute Gasteiger partial charge is 0.416 e. The molecule has 2 nitrogen and oxygen atoms in total. The molecule has 0 heterocycles. The van der Waals surface area contributed by atoms with E-state index in [1.54, 1.807) is 0 Å². The van der Waals surface area contributed by atoms with Gasteiger partial charge >= 0.3 is 6.18 Å². The zero-order valence-corrected chi connectivity index (χ0v) is 11.0. The molecule has 0 aromatic heterocycles. The Labute approximate surface area is 107 Å². The van der Waals surface area contributed by atoms with Crippen LogP contribution >= 0.6 is 15.9 Å². The van der Waals surface area contributed by atoms with E-state index in [4.69, 9.17) is 5.73 Å². The highest BCUT2D eigenvalue weighted by Gasteiger charge is 2.30. The molecule has 1 aromatic carbocycles. The van der Waals surface area contributed by atoms with Crippen molar-refractivity contribution in [2.24, 2.45) is 5.73 Å². The van der Waals surface area contributed by atoms with Crippen LogP contribution in [0.3, 0.4) is 0 Å². The van der Waals surface area contributed by atoms with Gasteiger partial charge in [-0.25, -0.2) is 0 Å². The van der Waals surface area contributed by atoms with Gasteiger partial charge in [-0.3, -0.25) is 0 Å². The third-order valence-corrected chi connectivity index (χ3v) is 3.02. The van der Waals surface area contributed by atoms with Gasteiger partial charge in [-0.2, -0.15) is 13.2 Å². The van der Waals surface area contributed by atoms with E-state index in [9.17, 15) is 13.2 Å². The quantitative estimate of drug-likeness (QED) is 0.925. The topological polar surface area (TPSA) is 29.3 Å². The smallest absolute Gasteiger partial charge is 0.374 e. The van der Waals surface area contributed by atoms with Crippen LogP contribution in [0.5, 0.6) is 0 Å². The van der Waals surface area contributed by atoms with Crippen LogP contribution < -0.4 is 10.6 Å². The second-order valence-corrected chi connectivity index (χ2v) is 4.58. The fraction of sp³-hybridized carbons (Fsp3) is 0.455. The lowest BCUT2D eigenvalue weighted by atomic mass is 10.2. The Morgan fingerprint density at radius 3 is 2.47 bits per heavy atom. The number of anilines is 1. The molecule has 0 amide bonds. The first-order chi connectivity index (χ1) is 7.86. The summed E-state index contributed by atoms with van der Waals surface area (Å²) in [6, 6.07) is 3.64. The van der Waals surface area contributed by atoms with Gasteiger partial charge < -0.3 is 10.6 Å². The van der Waals surface area contributed by atoms with Gasteiger partial charge in [0.2, 0.25) is 0 Å². The molecule has 1 rings (SSSR count). The van der Waals surface area contributed by atoms with Crippen molar-refractivity contribution < 1.29 is 13.2 Å². The molecule has 0 aliphatic heterocycles. The Morgan fingerprint density at radius 1 is 1.35 bits per heavy atom. The number of hydrogen-bond donors (Lipinski definition) is 1. The van der Waals surface area contributed by atoms with Crippen molar-refractivity contribution >= 4 is 21.6 Å². The van der Waals surface area contributed by atoms with Crippen LogP contribution in [0.2, 0.25) is 0 Å². The Morgan fingerprint density at radius 2 is 2.00 bits per heavy atom. The van der Waals surface area contributed by atoms with Crippen LogP contribution in [0.1, 0.15) is 12.0 Å². The molecule has 0 aliphatic rings. The predicted molar refractivity (Wildman–Crippen MR) is 66.1 cm³/mol. The minimum atomic E-state index is -4.31. The van der Waals surface area contributed by atoms with Gasteiger partial charge in [0, 0.05) is 18.1 Å². The number of nitrogens with zero attached hydrogens (tertiary/aromatic N) is 1. The van der Waals surface area contributed by atoms with Crippen molar-refractivity contribution in [1.29, 1.82) is 0 Å². The number of alkyl halides is 3. The average Bonchev–Trinajstić information content (AvgIpc) is 2.24. The molecular weight excluding hydrogens is 297 g/mol. The summed E-state index contributed by atoms with van der Waals surface area (Å²) < 4.78 is 37.8. The lowest BCUT2D eigenvalue weighted by Crippen LogP contribution is -2.21. The molecule has 0 bridgehead atoms. The number of benzene rings is 1. The number of hydrogen-bond acceptors (Lipinski definition) is 2. The highest BCUT2D eigenvalue weighted by Crippen LogP contribution is 2.34. The lowest BCUT2D eigenvalue weighted by molar-refractivity contribution is -0.137. The van der Waals surface area contributed by atoms with Crippen LogP contribution in [0.15, 0.2) is 22.7 Å². The van der Waals surface area contributed by atoms with Gasteiger partial charge in [0.05, 0.1) is 11.3 Å². The summed E-state index contributed by atoms with van der Waals surface area (Å²) in [6.45, 7) is 1.27. The van der Waals surface area contributed by atoms with Crippen LogP contribution in [0.4, 0.5) is 18.9 Å². The maximum atomic E-state index is 12.5. The van der Waals surface area contributed by atoms with E-state index < -0.39 is 11.7 Å². The monoisotopic (exact) mass is 310 g/mol. The highest BCUT2D eigenvalue weighted by atomic mass is 79.9. The maximum absolute atomic E-state index is 12.5. The van der Waals surface area contributed by atoms with Gasteiger partial charge in [-0.15, -0.1) is 0 Å². The first kappa shape index (κ1) is 14.3. The molecule has 0 aliphatic carbocycles. The van der Waals surface area contributed by atoms with E-state index in [-0.39, 0.29) is 0 Å². The minimum Gasteiger partial charge on any atom is -0.374 e. The second kappa shape index (κ2) is 5.73. The third kappa shape index (κ3) is 3.89. The maximum Gasteiger partial charge on any atom is 0.416 e. The van der Waals surface area contributed by atoms with Gasteiger partial charge in [0.25, 0.3) is 0 Å². The van der Waals surface area contributed by atoms with Crippen LogP contribution in [-0.4, -0.2) is 20.1 Å². The van der Waals surface area contributed by atoms with Crippen molar-refractivity contribution in [1.82, 2.24) is 0 Å². The summed E-state index contributed by atoms with van der Waals surface area (Å²) in [5.74, 6) is 0. The predicted octanol–water partition coefficient (Wildman–Crippen LogP) is 3.25. The fourth-order valence-corrected chi connectivity index (χ4v) is 2.12. The first-order valence-electron chi connectivity index (χ1n) is 5.14. The third-order valence-electron chi connectivity index (χ3n) is 2.38. The fourth-order valence-electron chi connectivity index (χ4n) is 1.44. The zero-order valence-electron chi connectivity index (χ0n) is 9.39. The van der Waals surface area contributed by atoms with Gasteiger partial charge in [-0.05, 0) is 47.1 Å². The van der Waals surface area contributed by atoms with Gasteiger partial charge in [0.15, 0.2) is 0 Å². The summed E-state index contributed by atoms with van der Waals surface area (Å²) in [6.07, 6.45) is -3.51. The molecule has 0 fully saturated rings. The van der Waals surface area contributed by atoms with E-state index in [0.29, 0.717) is 17.6 Å². The molecule has 0 radical (unpaired) electrons. The Bertz CT molecular complexity index is 379. The van der Waals surface area contributed by atoms with Crippen LogP contribution in [0.25, 0.3) is 0 Å². The number of rotatable bonds is 4. The average molecular weight is 311 g/mol. The molecule has 0 unspecified atom stereocenters. The molecule has 17 heavy (non-hydrogen) atoms. The van der Waals surface area contributed by atoms with Crippen molar-refractivity contribution in [3.8, 4) is 0 Å². The molecule has 0 atom stereocenters. The summed E-state index contributed by atoms with van der Waals surface area (Å²) in [5, 5.41) is 0. The van der Waals surface area contributed by atoms with Crippen LogP contribution in [0, 0.1) is 0 Å². The first-order valence-corrected chi connectivity index (χ1v) is 5.93. The molecule has 96 valence electrons. The Balaban J connectivity index is 2.90.